The van der Waals surface area contributed by atoms with Crippen molar-refractivity contribution >= 4 is 10.8 Å². The minimum Gasteiger partial charge on any atom is -0.494 e. The second-order valence-electron chi connectivity index (χ2n) is 7.98. The Kier molecular flexibility index (Phi) is 6.00. The Morgan fingerprint density at radius 2 is 1.81 bits per heavy atom. The second kappa shape index (κ2) is 8.70. The summed E-state index contributed by atoms with van der Waals surface area (Å²) in [6.07, 6.45) is -0.686. The number of fused-ring (bicyclic) bond motifs is 1. The van der Waals surface area contributed by atoms with Crippen LogP contribution in [0.4, 0.5) is 13.2 Å². The lowest BCUT2D eigenvalue weighted by Gasteiger charge is -2.22. The Morgan fingerprint density at radius 3 is 2.48 bits per heavy atom. The lowest BCUT2D eigenvalue weighted by atomic mass is 9.99. The number of hydrogen-bond donors (Lipinski definition) is 2. The van der Waals surface area contributed by atoms with Gasteiger partial charge in [-0.3, -0.25) is 0 Å². The Labute approximate surface area is 178 Å². The molecule has 2 heterocycles. The molecule has 0 spiro atoms. The Hall–Kier alpha value is -2.87. The molecule has 2 N–H and O–H groups in total. The highest BCUT2D eigenvalue weighted by atomic mass is 19.4. The fraction of sp³-hybridized carbons (Fsp3) is 0.391. The van der Waals surface area contributed by atoms with Gasteiger partial charge in [0, 0.05) is 17.0 Å². The van der Waals surface area contributed by atoms with Crippen molar-refractivity contribution in [1.82, 2.24) is 9.88 Å². The van der Waals surface area contributed by atoms with E-state index in [1.54, 1.807) is 16.7 Å². The summed E-state index contributed by atoms with van der Waals surface area (Å²) in [7, 11) is 0. The molecule has 0 saturated carbocycles. The molecular formula is C23H25F3N2O3. The summed E-state index contributed by atoms with van der Waals surface area (Å²) in [5.74, 6) is 1.16. The van der Waals surface area contributed by atoms with Crippen molar-refractivity contribution in [3.8, 4) is 17.4 Å². The molecule has 4 rings (SSSR count). The van der Waals surface area contributed by atoms with E-state index in [9.17, 15) is 18.3 Å². The van der Waals surface area contributed by atoms with Gasteiger partial charge in [0.25, 0.3) is 0 Å². The van der Waals surface area contributed by atoms with Crippen molar-refractivity contribution in [2.24, 2.45) is 5.92 Å². The van der Waals surface area contributed by atoms with Gasteiger partial charge in [-0.15, -0.1) is 13.2 Å². The van der Waals surface area contributed by atoms with E-state index in [1.165, 1.54) is 12.1 Å². The molecule has 0 bridgehead atoms. The molecule has 0 unspecified atom stereocenters. The molecule has 1 fully saturated rings. The maximum atomic E-state index is 12.3. The second-order valence-corrected chi connectivity index (χ2v) is 7.98. The van der Waals surface area contributed by atoms with Crippen molar-refractivity contribution in [3.63, 3.8) is 0 Å². The summed E-state index contributed by atoms with van der Waals surface area (Å²) in [4.78, 5) is 0. The molecule has 0 atom stereocenters. The molecule has 1 aliphatic heterocycles. The van der Waals surface area contributed by atoms with E-state index in [4.69, 9.17) is 4.74 Å². The average molecular weight is 434 g/mol. The Bertz CT molecular complexity index is 1040. The largest absolute Gasteiger partial charge is 0.573 e. The molecule has 8 heteroatoms. The van der Waals surface area contributed by atoms with Crippen LogP contribution in [-0.4, -0.2) is 35.7 Å². The molecule has 1 saturated heterocycles. The highest BCUT2D eigenvalue weighted by Gasteiger charge is 2.31. The molecule has 0 radical (unpaired) electrons. The highest BCUT2D eigenvalue weighted by molar-refractivity contribution is 5.92. The van der Waals surface area contributed by atoms with E-state index < -0.39 is 6.36 Å². The SMILES string of the molecule is Cc1cc(OCC2CCNCC2)cc2cn(Cc3ccc(OC(F)(F)F)cc3)c(O)c12. The smallest absolute Gasteiger partial charge is 0.494 e. The molecule has 3 aromatic rings. The number of nitrogens with zero attached hydrogens (tertiary/aromatic N) is 1. The number of aromatic hydroxyl groups is 1. The lowest BCUT2D eigenvalue weighted by molar-refractivity contribution is -0.274. The molecular weight excluding hydrogens is 409 g/mol. The number of nitrogens with one attached hydrogen (secondary N) is 1. The molecule has 2 aromatic carbocycles. The van der Waals surface area contributed by atoms with Crippen LogP contribution in [0.25, 0.3) is 10.8 Å². The average Bonchev–Trinajstić information content (AvgIpc) is 3.03. The number of ether oxygens (including phenoxy) is 2. The van der Waals surface area contributed by atoms with Gasteiger partial charge >= 0.3 is 6.36 Å². The van der Waals surface area contributed by atoms with Crippen LogP contribution in [0.1, 0.15) is 24.0 Å². The van der Waals surface area contributed by atoms with Gasteiger partial charge in [-0.2, -0.15) is 0 Å². The van der Waals surface area contributed by atoms with Gasteiger partial charge < -0.3 is 24.5 Å². The van der Waals surface area contributed by atoms with Crippen molar-refractivity contribution in [2.45, 2.75) is 32.7 Å². The summed E-state index contributed by atoms with van der Waals surface area (Å²) in [6, 6.07) is 9.47. The molecule has 0 aliphatic carbocycles. The monoisotopic (exact) mass is 434 g/mol. The zero-order valence-electron chi connectivity index (χ0n) is 17.2. The van der Waals surface area contributed by atoms with Gasteiger partial charge in [0.05, 0.1) is 13.2 Å². The quantitative estimate of drug-likeness (QED) is 0.575. The third-order valence-corrected chi connectivity index (χ3v) is 5.58. The number of aryl methyl sites for hydroxylation is 1. The minimum atomic E-state index is -4.72. The van der Waals surface area contributed by atoms with Crippen LogP contribution in [0.2, 0.25) is 0 Å². The van der Waals surface area contributed by atoms with Gasteiger partial charge in [0.2, 0.25) is 0 Å². The first-order chi connectivity index (χ1) is 14.8. The number of aromatic nitrogens is 1. The van der Waals surface area contributed by atoms with Gasteiger partial charge in [-0.1, -0.05) is 12.1 Å². The normalized spacial score (nSPS) is 15.4. The molecule has 1 aliphatic rings. The molecule has 5 nitrogen and oxygen atoms in total. The summed E-state index contributed by atoms with van der Waals surface area (Å²) in [5.41, 5.74) is 1.65. The van der Waals surface area contributed by atoms with E-state index in [2.05, 4.69) is 10.1 Å². The first kappa shape index (κ1) is 21.4. The Balaban J connectivity index is 1.49. The number of rotatable bonds is 6. The van der Waals surface area contributed by atoms with E-state index in [0.717, 1.165) is 53.6 Å². The highest BCUT2D eigenvalue weighted by Crippen LogP contribution is 2.34. The van der Waals surface area contributed by atoms with Crippen molar-refractivity contribution in [1.29, 1.82) is 0 Å². The number of benzene rings is 2. The zero-order chi connectivity index (χ0) is 22.0. The van der Waals surface area contributed by atoms with Crippen LogP contribution in [0.5, 0.6) is 17.4 Å². The van der Waals surface area contributed by atoms with Gasteiger partial charge in [0.1, 0.15) is 11.5 Å². The van der Waals surface area contributed by atoms with Crippen LogP contribution in [-0.2, 0) is 6.54 Å². The predicted molar refractivity (Wildman–Crippen MR) is 112 cm³/mol. The van der Waals surface area contributed by atoms with E-state index in [-0.39, 0.29) is 11.6 Å². The van der Waals surface area contributed by atoms with Crippen LogP contribution < -0.4 is 14.8 Å². The first-order valence-electron chi connectivity index (χ1n) is 10.3. The van der Waals surface area contributed by atoms with Crippen LogP contribution in [0, 0.1) is 12.8 Å². The van der Waals surface area contributed by atoms with Crippen molar-refractivity contribution in [2.75, 3.05) is 19.7 Å². The third kappa shape index (κ3) is 5.25. The fourth-order valence-corrected chi connectivity index (χ4v) is 4.02. The van der Waals surface area contributed by atoms with Gasteiger partial charge in [-0.25, -0.2) is 0 Å². The van der Waals surface area contributed by atoms with Crippen molar-refractivity contribution in [3.05, 3.63) is 53.7 Å². The first-order valence-corrected chi connectivity index (χ1v) is 10.3. The van der Waals surface area contributed by atoms with Crippen LogP contribution >= 0.6 is 0 Å². The minimum absolute atomic E-state index is 0.119. The van der Waals surface area contributed by atoms with Crippen LogP contribution in [0.3, 0.4) is 0 Å². The van der Waals surface area contributed by atoms with Gasteiger partial charge in [-0.05, 0) is 74.2 Å². The molecule has 1 aromatic heterocycles. The Morgan fingerprint density at radius 1 is 1.10 bits per heavy atom. The third-order valence-electron chi connectivity index (χ3n) is 5.58. The summed E-state index contributed by atoms with van der Waals surface area (Å²) >= 11 is 0. The summed E-state index contributed by atoms with van der Waals surface area (Å²) < 4.78 is 48.6. The maximum Gasteiger partial charge on any atom is 0.573 e. The van der Waals surface area contributed by atoms with Crippen LogP contribution in [0.15, 0.2) is 42.6 Å². The number of piperidine rings is 1. The summed E-state index contributed by atoms with van der Waals surface area (Å²) in [5, 5.41) is 15.6. The summed E-state index contributed by atoms with van der Waals surface area (Å²) in [6.45, 7) is 4.95. The standard InChI is InChI=1S/C23H25F3N2O3/c1-15-10-20(30-14-17-6-8-27-9-7-17)11-18-13-28(22(29)21(15)18)12-16-2-4-19(5-3-16)31-23(24,25)26/h2-5,10-11,13,17,27,29H,6-9,12,14H2,1H3. The van der Waals surface area contributed by atoms with E-state index in [1.807, 2.05) is 25.3 Å². The van der Waals surface area contributed by atoms with Gasteiger partial charge in [0.15, 0.2) is 5.88 Å². The molecule has 0 amide bonds. The molecule has 166 valence electrons. The maximum absolute atomic E-state index is 12.3. The van der Waals surface area contributed by atoms with E-state index in [0.29, 0.717) is 19.1 Å². The zero-order valence-corrected chi connectivity index (χ0v) is 17.2. The van der Waals surface area contributed by atoms with Crippen molar-refractivity contribution < 1.29 is 27.8 Å². The number of halogens is 3. The topological polar surface area (TPSA) is 55.7 Å². The predicted octanol–water partition coefficient (Wildman–Crippen LogP) is 4.98. The number of alkyl halides is 3. The number of hydrogen-bond acceptors (Lipinski definition) is 4. The molecule has 31 heavy (non-hydrogen) atoms. The van der Waals surface area contributed by atoms with E-state index >= 15 is 0 Å². The lowest BCUT2D eigenvalue weighted by Crippen LogP contribution is -2.30. The fourth-order valence-electron chi connectivity index (χ4n) is 4.02.